The van der Waals surface area contributed by atoms with Gasteiger partial charge in [-0.2, -0.15) is 4.98 Å². The number of nitrogens with zero attached hydrogens (tertiary/aromatic N) is 3. The number of carboxylic acid groups (broad SMARTS) is 1. The summed E-state index contributed by atoms with van der Waals surface area (Å²) >= 11 is 5.88. The van der Waals surface area contributed by atoms with Crippen LogP contribution in [0.3, 0.4) is 0 Å². The van der Waals surface area contributed by atoms with Gasteiger partial charge in [-0.1, -0.05) is 0 Å². The molecule has 2 heterocycles. The first kappa shape index (κ1) is 14.5. The minimum atomic E-state index is -0.937. The Morgan fingerprint density at radius 2 is 2.35 bits per heavy atom. The van der Waals surface area contributed by atoms with Crippen LogP contribution in [0, 0.1) is 0 Å². The number of aromatic nitrogens is 3. The second-order valence-electron chi connectivity index (χ2n) is 4.41. The standard InChI is InChI=1S/C12H15ClN4O3/c1-7(6-20-2)14-11-10-8(15-12(13)16-11)3-4-17(10)5-9(18)19/h3-4,7H,5-6H2,1-2H3,(H,18,19)(H,14,15,16)/t7-/m0/s1. The molecule has 7 nitrogen and oxygen atoms in total. The van der Waals surface area contributed by atoms with Gasteiger partial charge in [0, 0.05) is 19.3 Å². The number of nitrogens with one attached hydrogen (secondary N) is 1. The van der Waals surface area contributed by atoms with E-state index >= 15 is 0 Å². The number of carboxylic acids is 1. The van der Waals surface area contributed by atoms with Gasteiger partial charge < -0.3 is 19.7 Å². The maximum atomic E-state index is 10.9. The van der Waals surface area contributed by atoms with Gasteiger partial charge in [-0.15, -0.1) is 0 Å². The number of anilines is 1. The molecule has 0 aliphatic heterocycles. The van der Waals surface area contributed by atoms with Crippen molar-refractivity contribution in [2.45, 2.75) is 19.5 Å². The minimum Gasteiger partial charge on any atom is -0.480 e. The molecule has 2 aromatic heterocycles. The predicted molar refractivity (Wildman–Crippen MR) is 75.1 cm³/mol. The molecule has 0 saturated heterocycles. The third-order valence-electron chi connectivity index (χ3n) is 2.69. The summed E-state index contributed by atoms with van der Waals surface area (Å²) in [6, 6.07) is 1.71. The molecule has 0 spiro atoms. The van der Waals surface area contributed by atoms with E-state index in [9.17, 15) is 4.79 Å². The number of aliphatic carboxylic acids is 1. The van der Waals surface area contributed by atoms with E-state index in [1.165, 1.54) is 0 Å². The highest BCUT2D eigenvalue weighted by molar-refractivity contribution is 6.28. The molecule has 0 fully saturated rings. The summed E-state index contributed by atoms with van der Waals surface area (Å²) in [6.45, 7) is 2.25. The maximum absolute atomic E-state index is 10.9. The van der Waals surface area contributed by atoms with Gasteiger partial charge in [0.05, 0.1) is 12.1 Å². The molecule has 0 saturated carbocycles. The van der Waals surface area contributed by atoms with Crippen LogP contribution in [0.1, 0.15) is 6.92 Å². The van der Waals surface area contributed by atoms with E-state index in [1.807, 2.05) is 6.92 Å². The quantitative estimate of drug-likeness (QED) is 0.788. The van der Waals surface area contributed by atoms with Crippen LogP contribution in [0.15, 0.2) is 12.3 Å². The molecule has 0 aromatic carbocycles. The van der Waals surface area contributed by atoms with E-state index in [0.29, 0.717) is 23.5 Å². The Hall–Kier alpha value is -1.86. The summed E-state index contributed by atoms with van der Waals surface area (Å²) in [5.74, 6) is -0.441. The van der Waals surface area contributed by atoms with E-state index in [4.69, 9.17) is 21.4 Å². The normalized spacial score (nSPS) is 12.6. The van der Waals surface area contributed by atoms with E-state index < -0.39 is 5.97 Å². The summed E-state index contributed by atoms with van der Waals surface area (Å²) in [4.78, 5) is 19.1. The fraction of sp³-hybridized carbons (Fsp3) is 0.417. The van der Waals surface area contributed by atoms with Crippen LogP contribution in [0.4, 0.5) is 5.82 Å². The topological polar surface area (TPSA) is 89.3 Å². The van der Waals surface area contributed by atoms with Crippen LogP contribution >= 0.6 is 11.6 Å². The van der Waals surface area contributed by atoms with Crippen molar-refractivity contribution in [3.8, 4) is 0 Å². The Kier molecular flexibility index (Phi) is 4.41. The van der Waals surface area contributed by atoms with Gasteiger partial charge in [0.1, 0.15) is 12.1 Å². The minimum absolute atomic E-state index is 0.00217. The van der Waals surface area contributed by atoms with Crippen molar-refractivity contribution in [1.82, 2.24) is 14.5 Å². The number of carbonyl (C=O) groups is 1. The highest BCUT2D eigenvalue weighted by Crippen LogP contribution is 2.24. The van der Waals surface area contributed by atoms with Crippen LogP contribution in [0.5, 0.6) is 0 Å². The molecule has 0 amide bonds. The monoisotopic (exact) mass is 298 g/mol. The average Bonchev–Trinajstić information content (AvgIpc) is 2.71. The van der Waals surface area contributed by atoms with E-state index in [-0.39, 0.29) is 17.9 Å². The zero-order valence-electron chi connectivity index (χ0n) is 11.1. The highest BCUT2D eigenvalue weighted by Gasteiger charge is 2.14. The number of ether oxygens (including phenoxy) is 1. The molecule has 20 heavy (non-hydrogen) atoms. The van der Waals surface area contributed by atoms with E-state index in [2.05, 4.69) is 15.3 Å². The second kappa shape index (κ2) is 6.06. The van der Waals surface area contributed by atoms with Gasteiger partial charge in [0.25, 0.3) is 0 Å². The van der Waals surface area contributed by atoms with Crippen molar-refractivity contribution in [3.63, 3.8) is 0 Å². The second-order valence-corrected chi connectivity index (χ2v) is 4.75. The highest BCUT2D eigenvalue weighted by atomic mass is 35.5. The molecule has 2 aromatic rings. The zero-order chi connectivity index (χ0) is 14.7. The number of hydrogen-bond donors (Lipinski definition) is 2. The van der Waals surface area contributed by atoms with Crippen molar-refractivity contribution in [2.75, 3.05) is 19.0 Å². The van der Waals surface area contributed by atoms with Gasteiger partial charge in [-0.3, -0.25) is 4.79 Å². The van der Waals surface area contributed by atoms with Crippen LogP contribution in [0.2, 0.25) is 5.28 Å². The lowest BCUT2D eigenvalue weighted by atomic mass is 10.3. The van der Waals surface area contributed by atoms with E-state index in [1.54, 1.807) is 23.9 Å². The Balaban J connectivity index is 2.44. The lowest BCUT2D eigenvalue weighted by Crippen LogP contribution is -2.22. The molecule has 0 aliphatic rings. The molecule has 2 rings (SSSR count). The molecule has 108 valence electrons. The van der Waals surface area contributed by atoms with E-state index in [0.717, 1.165) is 0 Å². The SMILES string of the molecule is COC[C@H](C)Nc1nc(Cl)nc2ccn(CC(=O)O)c12. The van der Waals surface area contributed by atoms with Crippen LogP contribution in [-0.4, -0.2) is 45.4 Å². The van der Waals surface area contributed by atoms with Crippen molar-refractivity contribution in [1.29, 1.82) is 0 Å². The fourth-order valence-electron chi connectivity index (χ4n) is 1.98. The number of hydrogen-bond acceptors (Lipinski definition) is 5. The molecular weight excluding hydrogens is 284 g/mol. The number of methoxy groups -OCH3 is 1. The first-order valence-electron chi connectivity index (χ1n) is 6.01. The summed E-state index contributed by atoms with van der Waals surface area (Å²) in [5, 5.41) is 12.2. The van der Waals surface area contributed by atoms with Crippen molar-refractivity contribution < 1.29 is 14.6 Å². The molecule has 0 unspecified atom stereocenters. The first-order valence-corrected chi connectivity index (χ1v) is 6.38. The summed E-state index contributed by atoms with van der Waals surface area (Å²) in [7, 11) is 1.61. The van der Waals surface area contributed by atoms with Crippen LogP contribution in [0.25, 0.3) is 11.0 Å². The van der Waals surface area contributed by atoms with Gasteiger partial charge in [-0.25, -0.2) is 4.98 Å². The average molecular weight is 299 g/mol. The lowest BCUT2D eigenvalue weighted by molar-refractivity contribution is -0.137. The Bertz CT molecular complexity index is 628. The molecule has 1 atom stereocenters. The predicted octanol–water partition coefficient (Wildman–Crippen LogP) is 1.62. The molecule has 0 bridgehead atoms. The van der Waals surface area contributed by atoms with Gasteiger partial charge in [-0.05, 0) is 24.6 Å². The molecule has 2 N–H and O–H groups in total. The summed E-state index contributed by atoms with van der Waals surface area (Å²) in [5.41, 5.74) is 1.21. The van der Waals surface area contributed by atoms with Crippen LogP contribution in [-0.2, 0) is 16.1 Å². The molecule has 8 heteroatoms. The van der Waals surface area contributed by atoms with Crippen molar-refractivity contribution in [3.05, 3.63) is 17.5 Å². The first-order chi connectivity index (χ1) is 9.51. The van der Waals surface area contributed by atoms with Gasteiger partial charge in [0.15, 0.2) is 5.82 Å². The Morgan fingerprint density at radius 3 is 3.00 bits per heavy atom. The number of fused-ring (bicyclic) bond motifs is 1. The van der Waals surface area contributed by atoms with Crippen LogP contribution < -0.4 is 5.32 Å². The smallest absolute Gasteiger partial charge is 0.323 e. The summed E-state index contributed by atoms with van der Waals surface area (Å²) in [6.07, 6.45) is 1.65. The lowest BCUT2D eigenvalue weighted by Gasteiger charge is -2.15. The van der Waals surface area contributed by atoms with Crippen molar-refractivity contribution >= 4 is 34.4 Å². The largest absolute Gasteiger partial charge is 0.480 e. The molecular formula is C12H15ClN4O3. The van der Waals surface area contributed by atoms with Crippen molar-refractivity contribution in [2.24, 2.45) is 0 Å². The molecule has 0 aliphatic carbocycles. The third-order valence-corrected chi connectivity index (χ3v) is 2.86. The Labute approximate surface area is 120 Å². The maximum Gasteiger partial charge on any atom is 0.323 e. The summed E-state index contributed by atoms with van der Waals surface area (Å²) < 4.78 is 6.62. The fourth-order valence-corrected chi connectivity index (χ4v) is 2.16. The van der Waals surface area contributed by atoms with Gasteiger partial charge in [0.2, 0.25) is 5.28 Å². The Morgan fingerprint density at radius 1 is 1.60 bits per heavy atom. The molecule has 0 radical (unpaired) electrons. The van der Waals surface area contributed by atoms with Gasteiger partial charge >= 0.3 is 5.97 Å². The zero-order valence-corrected chi connectivity index (χ0v) is 11.9. The third kappa shape index (κ3) is 3.17. The number of halogens is 1. The number of rotatable bonds is 6.